The summed E-state index contributed by atoms with van der Waals surface area (Å²) >= 11 is 0. The molecule has 1 aliphatic heterocycles. The number of benzene rings is 1. The third-order valence-electron chi connectivity index (χ3n) is 3.64. The van der Waals surface area contributed by atoms with Crippen LogP contribution in [-0.2, 0) is 21.2 Å². The van der Waals surface area contributed by atoms with Crippen LogP contribution in [0.3, 0.4) is 0 Å². The van der Waals surface area contributed by atoms with Gasteiger partial charge in [0, 0.05) is 26.2 Å². The van der Waals surface area contributed by atoms with Gasteiger partial charge in [-0.1, -0.05) is 12.1 Å². The molecule has 0 radical (unpaired) electrons. The number of nitrogens with zero attached hydrogens (tertiary/aromatic N) is 2. The number of phenols is 1. The van der Waals surface area contributed by atoms with Crippen molar-refractivity contribution in [1.82, 2.24) is 9.21 Å². The lowest BCUT2D eigenvalue weighted by Gasteiger charge is -2.33. The molecule has 21 heavy (non-hydrogen) atoms. The second-order valence-corrected chi connectivity index (χ2v) is 7.28. The highest BCUT2D eigenvalue weighted by Gasteiger charge is 2.27. The Labute approximate surface area is 125 Å². The predicted octanol–water partition coefficient (Wildman–Crippen LogP) is 0.429. The van der Waals surface area contributed by atoms with E-state index in [1.54, 1.807) is 36.1 Å². The van der Waals surface area contributed by atoms with Crippen LogP contribution in [0.25, 0.3) is 0 Å². The number of amides is 1. The molecule has 116 valence electrons. The number of aromatic hydroxyl groups is 1. The highest BCUT2D eigenvalue weighted by Crippen LogP contribution is 2.13. The maximum Gasteiger partial charge on any atom is 0.227 e. The minimum atomic E-state index is -3.17. The van der Waals surface area contributed by atoms with Gasteiger partial charge in [-0.05, 0) is 24.6 Å². The summed E-state index contributed by atoms with van der Waals surface area (Å²) in [5.74, 6) is 0.243. The van der Waals surface area contributed by atoms with Gasteiger partial charge in [0.05, 0.1) is 12.2 Å². The van der Waals surface area contributed by atoms with E-state index in [0.29, 0.717) is 26.2 Å². The van der Waals surface area contributed by atoms with E-state index in [9.17, 15) is 18.3 Å². The van der Waals surface area contributed by atoms with Crippen LogP contribution in [-0.4, -0.2) is 60.6 Å². The molecule has 0 aromatic heterocycles. The van der Waals surface area contributed by atoms with Gasteiger partial charge in [0.2, 0.25) is 15.9 Å². The molecule has 1 heterocycles. The molecule has 0 aliphatic carbocycles. The van der Waals surface area contributed by atoms with E-state index in [4.69, 9.17) is 0 Å². The van der Waals surface area contributed by atoms with Crippen molar-refractivity contribution in [2.75, 3.05) is 31.9 Å². The van der Waals surface area contributed by atoms with Crippen LogP contribution < -0.4 is 0 Å². The minimum Gasteiger partial charge on any atom is -0.508 e. The van der Waals surface area contributed by atoms with E-state index >= 15 is 0 Å². The van der Waals surface area contributed by atoms with Crippen LogP contribution in [0.4, 0.5) is 0 Å². The molecule has 1 aromatic carbocycles. The number of piperazine rings is 1. The first-order valence-corrected chi connectivity index (χ1v) is 8.57. The van der Waals surface area contributed by atoms with Crippen LogP contribution in [0.2, 0.25) is 0 Å². The van der Waals surface area contributed by atoms with Crippen molar-refractivity contribution in [3.05, 3.63) is 29.8 Å². The number of carbonyl (C=O) groups excluding carboxylic acids is 1. The molecule has 1 amide bonds. The van der Waals surface area contributed by atoms with Crippen molar-refractivity contribution < 1.29 is 18.3 Å². The molecule has 0 saturated carbocycles. The summed E-state index contributed by atoms with van der Waals surface area (Å²) in [5, 5.41) is 9.21. The quantitative estimate of drug-likeness (QED) is 0.874. The molecule has 7 heteroatoms. The fourth-order valence-corrected chi connectivity index (χ4v) is 3.38. The minimum absolute atomic E-state index is 0.0192. The average molecular weight is 312 g/mol. The van der Waals surface area contributed by atoms with Gasteiger partial charge in [0.25, 0.3) is 0 Å². The van der Waals surface area contributed by atoms with E-state index in [-0.39, 0.29) is 23.8 Å². The highest BCUT2D eigenvalue weighted by atomic mass is 32.2. The molecule has 2 rings (SSSR count). The van der Waals surface area contributed by atoms with Gasteiger partial charge >= 0.3 is 0 Å². The lowest BCUT2D eigenvalue weighted by molar-refractivity contribution is -0.131. The van der Waals surface area contributed by atoms with Gasteiger partial charge in [0.15, 0.2) is 0 Å². The van der Waals surface area contributed by atoms with Gasteiger partial charge in [0.1, 0.15) is 5.75 Å². The standard InChI is InChI=1S/C14H20N2O4S/c1-2-21(19,20)16-9-7-15(8-10-16)14(18)11-12-3-5-13(17)6-4-12/h3-6,17H,2,7-11H2,1H3. The second kappa shape index (κ2) is 6.44. The van der Waals surface area contributed by atoms with Crippen LogP contribution >= 0.6 is 0 Å². The van der Waals surface area contributed by atoms with Crippen molar-refractivity contribution in [1.29, 1.82) is 0 Å². The Morgan fingerprint density at radius 1 is 1.14 bits per heavy atom. The fourth-order valence-electron chi connectivity index (χ4n) is 2.30. The molecule has 6 nitrogen and oxygen atoms in total. The zero-order valence-corrected chi connectivity index (χ0v) is 12.8. The predicted molar refractivity (Wildman–Crippen MR) is 79.4 cm³/mol. The van der Waals surface area contributed by atoms with Crippen molar-refractivity contribution in [2.24, 2.45) is 0 Å². The number of sulfonamides is 1. The number of hydrogen-bond acceptors (Lipinski definition) is 4. The van der Waals surface area contributed by atoms with Crippen molar-refractivity contribution in [2.45, 2.75) is 13.3 Å². The van der Waals surface area contributed by atoms with Gasteiger partial charge < -0.3 is 10.0 Å². The molecule has 1 aromatic rings. The molecule has 0 atom stereocenters. The van der Waals surface area contributed by atoms with Crippen molar-refractivity contribution >= 4 is 15.9 Å². The molecule has 0 bridgehead atoms. The van der Waals surface area contributed by atoms with E-state index < -0.39 is 10.0 Å². The molecule has 0 spiro atoms. The molecule has 0 unspecified atom stereocenters. The monoisotopic (exact) mass is 312 g/mol. The topological polar surface area (TPSA) is 77.9 Å². The lowest BCUT2D eigenvalue weighted by Crippen LogP contribution is -2.51. The zero-order chi connectivity index (χ0) is 15.5. The fraction of sp³-hybridized carbons (Fsp3) is 0.500. The molecule has 1 saturated heterocycles. The Kier molecular flexibility index (Phi) is 4.84. The van der Waals surface area contributed by atoms with E-state index in [1.807, 2.05) is 0 Å². The molecular formula is C14H20N2O4S. The largest absolute Gasteiger partial charge is 0.508 e. The second-order valence-electron chi connectivity index (χ2n) is 5.02. The summed E-state index contributed by atoms with van der Waals surface area (Å²) in [4.78, 5) is 13.9. The average Bonchev–Trinajstić information content (AvgIpc) is 2.49. The summed E-state index contributed by atoms with van der Waals surface area (Å²) in [6.45, 7) is 3.19. The Morgan fingerprint density at radius 2 is 1.71 bits per heavy atom. The van der Waals surface area contributed by atoms with E-state index in [2.05, 4.69) is 0 Å². The van der Waals surface area contributed by atoms with Gasteiger partial charge in [-0.3, -0.25) is 4.79 Å². The van der Waals surface area contributed by atoms with Crippen molar-refractivity contribution in [3.8, 4) is 5.75 Å². The smallest absolute Gasteiger partial charge is 0.227 e. The summed E-state index contributed by atoms with van der Waals surface area (Å²) in [7, 11) is -3.17. The maximum atomic E-state index is 12.2. The van der Waals surface area contributed by atoms with Gasteiger partial charge in [-0.25, -0.2) is 8.42 Å². The maximum absolute atomic E-state index is 12.2. The normalized spacial score (nSPS) is 16.9. The van der Waals surface area contributed by atoms with Gasteiger partial charge in [-0.2, -0.15) is 4.31 Å². The van der Waals surface area contributed by atoms with Crippen LogP contribution in [0.1, 0.15) is 12.5 Å². The Hall–Kier alpha value is -1.60. The number of hydrogen-bond donors (Lipinski definition) is 1. The Morgan fingerprint density at radius 3 is 2.24 bits per heavy atom. The lowest BCUT2D eigenvalue weighted by atomic mass is 10.1. The van der Waals surface area contributed by atoms with Crippen LogP contribution in [0.5, 0.6) is 5.75 Å². The van der Waals surface area contributed by atoms with Crippen molar-refractivity contribution in [3.63, 3.8) is 0 Å². The van der Waals surface area contributed by atoms with Gasteiger partial charge in [-0.15, -0.1) is 0 Å². The highest BCUT2D eigenvalue weighted by molar-refractivity contribution is 7.89. The third-order valence-corrected chi connectivity index (χ3v) is 5.52. The van der Waals surface area contributed by atoms with Crippen LogP contribution in [0, 0.1) is 0 Å². The first kappa shape index (κ1) is 15.8. The van der Waals surface area contributed by atoms with E-state index in [0.717, 1.165) is 5.56 Å². The van der Waals surface area contributed by atoms with E-state index in [1.165, 1.54) is 4.31 Å². The zero-order valence-electron chi connectivity index (χ0n) is 12.0. The molecule has 1 fully saturated rings. The summed E-state index contributed by atoms with van der Waals surface area (Å²) in [6, 6.07) is 6.53. The Balaban J connectivity index is 1.90. The first-order valence-electron chi connectivity index (χ1n) is 6.96. The molecular weight excluding hydrogens is 292 g/mol. The first-order chi connectivity index (χ1) is 9.92. The molecule has 1 aliphatic rings. The third kappa shape index (κ3) is 3.95. The van der Waals surface area contributed by atoms with Crippen LogP contribution in [0.15, 0.2) is 24.3 Å². The summed E-state index contributed by atoms with van der Waals surface area (Å²) in [6.07, 6.45) is 0.265. The number of rotatable bonds is 4. The summed E-state index contributed by atoms with van der Waals surface area (Å²) < 4.78 is 24.9. The SMILES string of the molecule is CCS(=O)(=O)N1CCN(C(=O)Cc2ccc(O)cc2)CC1. The Bertz CT molecular complexity index is 590. The number of carbonyl (C=O) groups is 1. The molecule has 1 N–H and O–H groups in total. The summed E-state index contributed by atoms with van der Waals surface area (Å²) in [5.41, 5.74) is 0.835. The number of phenolic OH excluding ortho intramolecular Hbond substituents is 1.